The number of benzene rings is 2. The van der Waals surface area contributed by atoms with Crippen LogP contribution < -0.4 is 15.0 Å². The Kier molecular flexibility index (Phi) is 5.24. The molecule has 0 aliphatic carbocycles. The van der Waals surface area contributed by atoms with E-state index in [1.807, 2.05) is 35.2 Å². The Morgan fingerprint density at radius 1 is 1.28 bits per heavy atom. The average molecular weight is 340 g/mol. The van der Waals surface area contributed by atoms with Crippen LogP contribution in [0.4, 0.5) is 11.4 Å². The molecule has 1 aliphatic heterocycles. The number of rotatable bonds is 6. The highest BCUT2D eigenvalue weighted by molar-refractivity contribution is 5.95. The van der Waals surface area contributed by atoms with Gasteiger partial charge in [-0.25, -0.2) is 0 Å². The van der Waals surface area contributed by atoms with Crippen molar-refractivity contribution in [2.75, 3.05) is 23.9 Å². The molecule has 2 N–H and O–H groups in total. The van der Waals surface area contributed by atoms with Crippen LogP contribution in [0, 0.1) is 0 Å². The molecule has 2 aromatic rings. The smallest absolute Gasteiger partial charge is 0.227 e. The maximum Gasteiger partial charge on any atom is 0.227 e. The monoisotopic (exact) mass is 340 g/mol. The van der Waals surface area contributed by atoms with Crippen molar-refractivity contribution in [1.82, 2.24) is 0 Å². The van der Waals surface area contributed by atoms with Gasteiger partial charge in [-0.05, 0) is 49.2 Å². The van der Waals surface area contributed by atoms with E-state index in [2.05, 4.69) is 24.4 Å². The summed E-state index contributed by atoms with van der Waals surface area (Å²) < 4.78 is 5.24. The van der Waals surface area contributed by atoms with Gasteiger partial charge in [0, 0.05) is 35.9 Å². The molecule has 5 nitrogen and oxygen atoms in total. The van der Waals surface area contributed by atoms with Crippen LogP contribution in [0.15, 0.2) is 42.5 Å². The zero-order valence-electron chi connectivity index (χ0n) is 14.7. The van der Waals surface area contributed by atoms with Gasteiger partial charge in [-0.3, -0.25) is 4.79 Å². The molecule has 0 spiro atoms. The number of amides is 1. The lowest BCUT2D eigenvalue weighted by Gasteiger charge is -2.20. The van der Waals surface area contributed by atoms with Crippen molar-refractivity contribution in [2.24, 2.45) is 0 Å². The minimum Gasteiger partial charge on any atom is -0.496 e. The number of methoxy groups -OCH3 is 1. The molecule has 1 aliphatic rings. The molecule has 132 valence electrons. The van der Waals surface area contributed by atoms with Gasteiger partial charge in [0.15, 0.2) is 0 Å². The first kappa shape index (κ1) is 17.3. The molecule has 2 aromatic carbocycles. The van der Waals surface area contributed by atoms with E-state index < -0.39 is 0 Å². The molecule has 1 saturated heterocycles. The van der Waals surface area contributed by atoms with Gasteiger partial charge < -0.3 is 20.1 Å². The van der Waals surface area contributed by atoms with Crippen molar-refractivity contribution in [2.45, 2.75) is 32.4 Å². The molecule has 5 heteroatoms. The Hall–Kier alpha value is -2.53. The third-order valence-electron chi connectivity index (χ3n) is 4.59. The van der Waals surface area contributed by atoms with Crippen molar-refractivity contribution in [3.63, 3.8) is 0 Å². The number of nitrogens with zero attached hydrogens (tertiary/aromatic N) is 1. The summed E-state index contributed by atoms with van der Waals surface area (Å²) in [7, 11) is 1.59. The molecule has 1 fully saturated rings. The van der Waals surface area contributed by atoms with Gasteiger partial charge in [-0.1, -0.05) is 12.1 Å². The third-order valence-corrected chi connectivity index (χ3v) is 4.59. The Morgan fingerprint density at radius 2 is 2.12 bits per heavy atom. The van der Waals surface area contributed by atoms with Crippen molar-refractivity contribution in [3.05, 3.63) is 53.6 Å². The molecular weight excluding hydrogens is 316 g/mol. The summed E-state index contributed by atoms with van der Waals surface area (Å²) in [5, 5.41) is 12.9. The van der Waals surface area contributed by atoms with Crippen LogP contribution in [0.5, 0.6) is 5.75 Å². The number of hydrogen-bond acceptors (Lipinski definition) is 4. The molecule has 0 bridgehead atoms. The zero-order valence-corrected chi connectivity index (χ0v) is 14.7. The van der Waals surface area contributed by atoms with E-state index in [0.717, 1.165) is 35.5 Å². The highest BCUT2D eigenvalue weighted by atomic mass is 16.5. The summed E-state index contributed by atoms with van der Waals surface area (Å²) in [6.07, 6.45) is 1.56. The second kappa shape index (κ2) is 7.57. The second-order valence-corrected chi connectivity index (χ2v) is 6.29. The predicted octanol–water partition coefficient (Wildman–Crippen LogP) is 3.49. The number of ether oxygens (including phenoxy) is 1. The fraction of sp³-hybridized carbons (Fsp3) is 0.350. The Bertz CT molecular complexity index is 760. The average Bonchev–Trinajstić information content (AvgIpc) is 3.07. The lowest BCUT2D eigenvalue weighted by atomic mass is 10.1. The molecule has 1 atom stereocenters. The van der Waals surface area contributed by atoms with Crippen LogP contribution >= 0.6 is 0 Å². The topological polar surface area (TPSA) is 61.8 Å². The number of carbonyl (C=O) groups excluding carboxylic acids is 1. The van der Waals surface area contributed by atoms with E-state index in [1.165, 1.54) is 0 Å². The number of hydrogen-bond donors (Lipinski definition) is 2. The Labute approximate surface area is 148 Å². The van der Waals surface area contributed by atoms with Gasteiger partial charge in [0.05, 0.1) is 13.7 Å². The minimum atomic E-state index is -0.0698. The predicted molar refractivity (Wildman–Crippen MR) is 99.0 cm³/mol. The van der Waals surface area contributed by atoms with E-state index in [4.69, 9.17) is 4.74 Å². The van der Waals surface area contributed by atoms with Gasteiger partial charge in [0.25, 0.3) is 0 Å². The molecule has 0 aromatic heterocycles. The van der Waals surface area contributed by atoms with Crippen LogP contribution in [0.1, 0.15) is 36.9 Å². The Morgan fingerprint density at radius 3 is 2.80 bits per heavy atom. The van der Waals surface area contributed by atoms with Gasteiger partial charge in [-0.2, -0.15) is 0 Å². The standard InChI is InChI=1S/C20H24N2O3/c1-14(21-17-8-9-19(25-2)16(11-17)13-23)15-5-3-6-18(12-15)22-10-4-7-20(22)24/h3,5-6,8-9,11-12,14,21,23H,4,7,10,13H2,1-2H3. The third kappa shape index (κ3) is 3.77. The number of aliphatic hydroxyl groups is 1. The van der Waals surface area contributed by atoms with Crippen LogP contribution in [0.3, 0.4) is 0 Å². The zero-order chi connectivity index (χ0) is 17.8. The molecule has 25 heavy (non-hydrogen) atoms. The van der Waals surface area contributed by atoms with Crippen molar-refractivity contribution in [1.29, 1.82) is 0 Å². The van der Waals surface area contributed by atoms with Gasteiger partial charge in [-0.15, -0.1) is 0 Å². The summed E-state index contributed by atoms with van der Waals surface area (Å²) in [4.78, 5) is 13.8. The quantitative estimate of drug-likeness (QED) is 0.845. The minimum absolute atomic E-state index is 0.0672. The molecule has 1 amide bonds. The van der Waals surface area contributed by atoms with Crippen molar-refractivity contribution in [3.8, 4) is 5.75 Å². The van der Waals surface area contributed by atoms with E-state index in [9.17, 15) is 9.90 Å². The lowest BCUT2D eigenvalue weighted by Crippen LogP contribution is -2.23. The number of aliphatic hydroxyl groups excluding tert-OH is 1. The first-order valence-electron chi connectivity index (χ1n) is 8.57. The van der Waals surface area contributed by atoms with Gasteiger partial charge >= 0.3 is 0 Å². The van der Waals surface area contributed by atoms with Crippen LogP contribution in [0.2, 0.25) is 0 Å². The lowest BCUT2D eigenvalue weighted by molar-refractivity contribution is -0.117. The summed E-state index contributed by atoms with van der Waals surface area (Å²) >= 11 is 0. The summed E-state index contributed by atoms with van der Waals surface area (Å²) in [6.45, 7) is 2.80. The van der Waals surface area contributed by atoms with E-state index in [1.54, 1.807) is 7.11 Å². The first-order chi connectivity index (χ1) is 12.1. The summed E-state index contributed by atoms with van der Waals surface area (Å²) in [6, 6.07) is 13.8. The molecule has 0 radical (unpaired) electrons. The maximum absolute atomic E-state index is 12.0. The Balaban J connectivity index is 1.77. The highest BCUT2D eigenvalue weighted by Gasteiger charge is 2.22. The maximum atomic E-state index is 12.0. The number of carbonyl (C=O) groups is 1. The van der Waals surface area contributed by atoms with Crippen molar-refractivity contribution < 1.29 is 14.6 Å². The molecular formula is C20H24N2O3. The van der Waals surface area contributed by atoms with Gasteiger partial charge in [0.2, 0.25) is 5.91 Å². The molecule has 1 heterocycles. The fourth-order valence-corrected chi connectivity index (χ4v) is 3.21. The fourth-order valence-electron chi connectivity index (χ4n) is 3.21. The molecule has 1 unspecified atom stereocenters. The summed E-state index contributed by atoms with van der Waals surface area (Å²) in [5.74, 6) is 0.871. The van der Waals surface area contributed by atoms with Gasteiger partial charge in [0.1, 0.15) is 5.75 Å². The van der Waals surface area contributed by atoms with E-state index in [-0.39, 0.29) is 18.6 Å². The highest BCUT2D eigenvalue weighted by Crippen LogP contribution is 2.28. The van der Waals surface area contributed by atoms with Crippen LogP contribution in [-0.2, 0) is 11.4 Å². The van der Waals surface area contributed by atoms with Crippen molar-refractivity contribution >= 4 is 17.3 Å². The van der Waals surface area contributed by atoms with E-state index in [0.29, 0.717) is 12.2 Å². The number of nitrogens with one attached hydrogen (secondary N) is 1. The normalized spacial score (nSPS) is 15.3. The van der Waals surface area contributed by atoms with Crippen LogP contribution in [-0.4, -0.2) is 24.7 Å². The molecule has 0 saturated carbocycles. The molecule has 3 rings (SSSR count). The number of anilines is 2. The second-order valence-electron chi connectivity index (χ2n) is 6.29. The van der Waals surface area contributed by atoms with E-state index >= 15 is 0 Å². The summed E-state index contributed by atoms with van der Waals surface area (Å²) in [5.41, 5.74) is 3.73. The SMILES string of the molecule is COc1ccc(NC(C)c2cccc(N3CCCC3=O)c2)cc1CO. The largest absolute Gasteiger partial charge is 0.496 e. The van der Waals surface area contributed by atoms with Crippen LogP contribution in [0.25, 0.3) is 0 Å². The first-order valence-corrected chi connectivity index (χ1v) is 8.57.